The van der Waals surface area contributed by atoms with Crippen molar-refractivity contribution in [3.8, 4) is 0 Å². The van der Waals surface area contributed by atoms with Gasteiger partial charge in [0.1, 0.15) is 11.3 Å². The minimum Gasteiger partial charge on any atom is -0.477 e. The number of carboxylic acids is 1. The van der Waals surface area contributed by atoms with E-state index in [-0.39, 0.29) is 11.6 Å². The molecule has 94 valence electrons. The highest BCUT2D eigenvalue weighted by molar-refractivity contribution is 5.87. The van der Waals surface area contributed by atoms with Crippen molar-refractivity contribution in [3.05, 3.63) is 57.9 Å². The molecule has 0 saturated carbocycles. The third-order valence-corrected chi connectivity index (χ3v) is 2.88. The smallest absolute Gasteiger partial charge is 0.341 e. The van der Waals surface area contributed by atoms with Crippen LogP contribution < -0.4 is 5.43 Å². The number of hydrogen-bond donors (Lipinski definition) is 1. The highest BCUT2D eigenvalue weighted by Crippen LogP contribution is 2.19. The van der Waals surface area contributed by atoms with Crippen LogP contribution in [0.2, 0.25) is 0 Å². The Morgan fingerprint density at radius 2 is 2.22 bits per heavy atom. The average molecular weight is 247 g/mol. The van der Waals surface area contributed by atoms with E-state index < -0.39 is 11.4 Å². The number of nitrogens with zero attached hydrogens (tertiary/aromatic N) is 1. The third-order valence-electron chi connectivity index (χ3n) is 2.88. The second-order valence-corrected chi connectivity index (χ2v) is 4.10. The maximum absolute atomic E-state index is 11.5. The van der Waals surface area contributed by atoms with Crippen LogP contribution in [0.5, 0.6) is 0 Å². The molecule has 0 radical (unpaired) electrons. The van der Waals surface area contributed by atoms with Gasteiger partial charge >= 0.3 is 5.97 Å². The highest BCUT2D eigenvalue weighted by Gasteiger charge is 2.16. The van der Waals surface area contributed by atoms with Gasteiger partial charge in [0.2, 0.25) is 0 Å². The molecule has 0 bridgehead atoms. The molecule has 0 fully saturated rings. The summed E-state index contributed by atoms with van der Waals surface area (Å²) in [6.07, 6.45) is 2.91. The van der Waals surface area contributed by atoms with E-state index in [1.807, 2.05) is 13.0 Å². The van der Waals surface area contributed by atoms with Gasteiger partial charge in [-0.3, -0.25) is 4.79 Å². The van der Waals surface area contributed by atoms with Gasteiger partial charge in [0.15, 0.2) is 5.43 Å². The van der Waals surface area contributed by atoms with Crippen molar-refractivity contribution in [3.63, 3.8) is 0 Å². The number of rotatable bonds is 3. The summed E-state index contributed by atoms with van der Waals surface area (Å²) in [5.74, 6) is -0.515. The first kappa shape index (κ1) is 12.2. The van der Waals surface area contributed by atoms with Crippen LogP contribution in [-0.2, 0) is 0 Å². The minimum atomic E-state index is -1.22. The van der Waals surface area contributed by atoms with Gasteiger partial charge < -0.3 is 14.1 Å². The molecule has 0 saturated heterocycles. The molecule has 2 rings (SSSR count). The largest absolute Gasteiger partial charge is 0.477 e. The van der Waals surface area contributed by atoms with Crippen molar-refractivity contribution in [2.45, 2.75) is 19.9 Å². The lowest BCUT2D eigenvalue weighted by Crippen LogP contribution is -2.20. The Morgan fingerprint density at radius 1 is 1.50 bits per heavy atom. The van der Waals surface area contributed by atoms with Gasteiger partial charge in [-0.25, -0.2) is 4.79 Å². The van der Waals surface area contributed by atoms with Crippen molar-refractivity contribution in [1.29, 1.82) is 0 Å². The molecule has 0 aliphatic rings. The first-order valence-electron chi connectivity index (χ1n) is 5.50. The first-order chi connectivity index (χ1) is 8.50. The number of carboxylic acid groups (broad SMARTS) is 1. The van der Waals surface area contributed by atoms with Crippen LogP contribution in [0.25, 0.3) is 0 Å². The predicted octanol–water partition coefficient (Wildman–Crippen LogP) is 2.06. The Balaban J connectivity index is 2.54. The van der Waals surface area contributed by atoms with Crippen LogP contribution in [0.1, 0.15) is 34.8 Å². The fraction of sp³-hybridized carbons (Fsp3) is 0.231. The summed E-state index contributed by atoms with van der Waals surface area (Å²) in [5.41, 5.74) is -0.0317. The molecule has 0 aromatic carbocycles. The Morgan fingerprint density at radius 3 is 2.78 bits per heavy atom. The molecule has 5 nitrogen and oxygen atoms in total. The van der Waals surface area contributed by atoms with Crippen LogP contribution >= 0.6 is 0 Å². The maximum atomic E-state index is 11.5. The SMILES string of the molecule is Cc1cc(=O)c(C(=O)O)cn1C(C)c1ccco1. The number of hydrogen-bond acceptors (Lipinski definition) is 3. The van der Waals surface area contributed by atoms with Crippen LogP contribution in [0.4, 0.5) is 0 Å². The topological polar surface area (TPSA) is 72.4 Å². The minimum absolute atomic E-state index is 0.168. The molecule has 2 heterocycles. The summed E-state index contributed by atoms with van der Waals surface area (Å²) >= 11 is 0. The number of carbonyl (C=O) groups is 1. The summed E-state index contributed by atoms with van der Waals surface area (Å²) in [4.78, 5) is 22.5. The second-order valence-electron chi connectivity index (χ2n) is 4.10. The number of aryl methyl sites for hydroxylation is 1. The fourth-order valence-corrected chi connectivity index (χ4v) is 1.89. The zero-order valence-electron chi connectivity index (χ0n) is 10.1. The van der Waals surface area contributed by atoms with Crippen LogP contribution in [0, 0.1) is 6.92 Å². The molecule has 2 aromatic heterocycles. The molecule has 5 heteroatoms. The molecule has 0 spiro atoms. The molecule has 1 N–H and O–H groups in total. The molecule has 1 unspecified atom stereocenters. The second kappa shape index (κ2) is 4.52. The van der Waals surface area contributed by atoms with Crippen molar-refractivity contribution >= 4 is 5.97 Å². The van der Waals surface area contributed by atoms with Crippen LogP contribution in [0.3, 0.4) is 0 Å². The summed E-state index contributed by atoms with van der Waals surface area (Å²) < 4.78 is 7.00. The summed E-state index contributed by atoms with van der Waals surface area (Å²) in [6, 6.07) is 4.73. The molecule has 0 aliphatic carbocycles. The van der Waals surface area contributed by atoms with Gasteiger partial charge in [-0.1, -0.05) is 0 Å². The monoisotopic (exact) mass is 247 g/mol. The van der Waals surface area contributed by atoms with E-state index in [1.165, 1.54) is 12.3 Å². The lowest BCUT2D eigenvalue weighted by molar-refractivity contribution is 0.0694. The van der Waals surface area contributed by atoms with Gasteiger partial charge in [0.25, 0.3) is 0 Å². The number of aromatic carboxylic acids is 1. The van der Waals surface area contributed by atoms with E-state index in [9.17, 15) is 9.59 Å². The zero-order valence-corrected chi connectivity index (χ0v) is 10.1. The van der Waals surface area contributed by atoms with E-state index in [2.05, 4.69) is 0 Å². The molecular weight excluding hydrogens is 234 g/mol. The Hall–Kier alpha value is -2.30. The van der Waals surface area contributed by atoms with E-state index in [4.69, 9.17) is 9.52 Å². The van der Waals surface area contributed by atoms with Crippen molar-refractivity contribution < 1.29 is 14.3 Å². The maximum Gasteiger partial charge on any atom is 0.341 e. The van der Waals surface area contributed by atoms with Crippen molar-refractivity contribution in [2.75, 3.05) is 0 Å². The summed E-state index contributed by atoms with van der Waals surface area (Å²) in [6.45, 7) is 3.63. The van der Waals surface area contributed by atoms with Crippen molar-refractivity contribution in [2.24, 2.45) is 0 Å². The molecule has 2 aromatic rings. The molecule has 18 heavy (non-hydrogen) atoms. The lowest BCUT2D eigenvalue weighted by atomic mass is 10.2. The Labute approximate surface area is 103 Å². The van der Waals surface area contributed by atoms with E-state index in [1.54, 1.807) is 23.8 Å². The first-order valence-corrected chi connectivity index (χ1v) is 5.50. The Bertz CT molecular complexity index is 625. The van der Waals surface area contributed by atoms with E-state index >= 15 is 0 Å². The van der Waals surface area contributed by atoms with Crippen molar-refractivity contribution in [1.82, 2.24) is 4.57 Å². The highest BCUT2D eigenvalue weighted by atomic mass is 16.4. The zero-order chi connectivity index (χ0) is 13.3. The quantitative estimate of drug-likeness (QED) is 0.901. The standard InChI is InChI=1S/C13H13NO4/c1-8-6-11(15)10(13(16)17)7-14(8)9(2)12-4-3-5-18-12/h3-7,9H,1-2H3,(H,16,17). The Kier molecular flexibility index (Phi) is 3.06. The van der Waals surface area contributed by atoms with E-state index in [0.29, 0.717) is 11.5 Å². The van der Waals surface area contributed by atoms with E-state index in [0.717, 1.165) is 0 Å². The van der Waals surface area contributed by atoms with Gasteiger partial charge in [0.05, 0.1) is 12.3 Å². The average Bonchev–Trinajstić information content (AvgIpc) is 2.81. The molecule has 1 atom stereocenters. The number of furan rings is 1. The predicted molar refractivity (Wildman–Crippen MR) is 64.9 cm³/mol. The fourth-order valence-electron chi connectivity index (χ4n) is 1.89. The number of pyridine rings is 1. The van der Waals surface area contributed by atoms with Crippen LogP contribution in [0.15, 0.2) is 39.9 Å². The van der Waals surface area contributed by atoms with Gasteiger partial charge in [-0.2, -0.15) is 0 Å². The molecule has 0 amide bonds. The molecule has 0 aliphatic heterocycles. The summed E-state index contributed by atoms with van der Waals surface area (Å²) in [5, 5.41) is 8.96. The molecular formula is C13H13NO4. The van der Waals surface area contributed by atoms with Crippen LogP contribution in [-0.4, -0.2) is 15.6 Å². The third kappa shape index (κ3) is 2.07. The number of aromatic nitrogens is 1. The lowest BCUT2D eigenvalue weighted by Gasteiger charge is -2.17. The van der Waals surface area contributed by atoms with Gasteiger partial charge in [-0.15, -0.1) is 0 Å². The van der Waals surface area contributed by atoms with Gasteiger partial charge in [0, 0.05) is 18.0 Å². The normalized spacial score (nSPS) is 12.3. The summed E-state index contributed by atoms with van der Waals surface area (Å²) in [7, 11) is 0. The van der Waals surface area contributed by atoms with Gasteiger partial charge in [-0.05, 0) is 26.0 Å².